The van der Waals surface area contributed by atoms with Crippen molar-refractivity contribution in [2.75, 3.05) is 0 Å². The number of carbonyl (C=O) groups excluding carboxylic acids is 2. The molecular weight excluding hydrogens is 408 g/mol. The van der Waals surface area contributed by atoms with E-state index < -0.39 is 5.54 Å². The van der Waals surface area contributed by atoms with Crippen LogP contribution in [0.4, 0.5) is 4.79 Å². The zero-order chi connectivity index (χ0) is 19.4. The van der Waals surface area contributed by atoms with Crippen LogP contribution in [0.1, 0.15) is 50.7 Å². The predicted octanol–water partition coefficient (Wildman–Crippen LogP) is 4.25. The van der Waals surface area contributed by atoms with Gasteiger partial charge < -0.3 is 10.1 Å². The molecule has 0 radical (unpaired) electrons. The molecule has 2 aliphatic carbocycles. The number of nitrogens with one attached hydrogen (secondary N) is 1. The second kappa shape index (κ2) is 6.36. The van der Waals surface area contributed by atoms with Crippen LogP contribution in [0, 0.1) is 5.41 Å². The Morgan fingerprint density at radius 2 is 2.04 bits per heavy atom. The average molecular weight is 433 g/mol. The Morgan fingerprint density at radius 1 is 1.33 bits per heavy atom. The van der Waals surface area contributed by atoms with E-state index in [-0.39, 0.29) is 29.5 Å². The molecule has 2 spiro atoms. The molecule has 3 aliphatic rings. The van der Waals surface area contributed by atoms with E-state index in [1.54, 1.807) is 0 Å². The molecule has 0 aromatic heterocycles. The summed E-state index contributed by atoms with van der Waals surface area (Å²) in [5.41, 5.74) is 0.808. The average Bonchev–Trinajstić information content (AvgIpc) is 3.04. The summed E-state index contributed by atoms with van der Waals surface area (Å²) in [6.07, 6.45) is 5.80. The topological polar surface area (TPSA) is 58.6 Å². The van der Waals surface area contributed by atoms with Crippen LogP contribution in [0.15, 0.2) is 35.5 Å². The van der Waals surface area contributed by atoms with Gasteiger partial charge in [-0.05, 0) is 69.2 Å². The standard InChI is InChI=1S/C21H25BrN2O3/c1-4-27-16-7-9-20(10-8-16)12-14-5-6-15(22)11-17(14)21(20)18(25)24(13(2)3)19(26)23-21/h4-6,11,13,16H,1,7-10,12H2,2-3H3,(H,23,26)/t16-,20-,21?. The maximum atomic E-state index is 13.7. The number of rotatable bonds is 3. The highest BCUT2D eigenvalue weighted by Crippen LogP contribution is 2.60. The molecule has 2 fully saturated rings. The van der Waals surface area contributed by atoms with Crippen molar-refractivity contribution in [1.82, 2.24) is 10.2 Å². The Bertz CT molecular complexity index is 814. The van der Waals surface area contributed by atoms with Gasteiger partial charge in [-0.1, -0.05) is 28.6 Å². The van der Waals surface area contributed by atoms with E-state index in [9.17, 15) is 9.59 Å². The molecule has 6 heteroatoms. The maximum absolute atomic E-state index is 13.7. The first kappa shape index (κ1) is 18.5. The molecule has 5 nitrogen and oxygen atoms in total. The summed E-state index contributed by atoms with van der Waals surface area (Å²) in [4.78, 5) is 27.9. The summed E-state index contributed by atoms with van der Waals surface area (Å²) in [5, 5.41) is 3.16. The number of urea groups is 1. The smallest absolute Gasteiger partial charge is 0.325 e. The van der Waals surface area contributed by atoms with Gasteiger partial charge >= 0.3 is 6.03 Å². The number of imide groups is 1. The second-order valence-corrected chi connectivity index (χ2v) is 9.13. The molecule has 1 heterocycles. The van der Waals surface area contributed by atoms with Gasteiger partial charge in [-0.2, -0.15) is 0 Å². The van der Waals surface area contributed by atoms with Crippen LogP contribution in [0.5, 0.6) is 0 Å². The molecular formula is C21H25BrN2O3. The molecule has 1 saturated carbocycles. The third kappa shape index (κ3) is 2.49. The van der Waals surface area contributed by atoms with Gasteiger partial charge in [0.05, 0.1) is 12.4 Å². The molecule has 4 rings (SSSR count). The minimum atomic E-state index is -0.980. The fourth-order valence-electron chi connectivity index (χ4n) is 5.36. The number of halogens is 1. The van der Waals surface area contributed by atoms with E-state index in [1.807, 2.05) is 26.0 Å². The van der Waals surface area contributed by atoms with Crippen molar-refractivity contribution in [3.8, 4) is 0 Å². The van der Waals surface area contributed by atoms with Gasteiger partial charge in [0, 0.05) is 15.9 Å². The zero-order valence-corrected chi connectivity index (χ0v) is 17.3. The zero-order valence-electron chi connectivity index (χ0n) is 15.8. The van der Waals surface area contributed by atoms with Crippen LogP contribution in [0.25, 0.3) is 0 Å². The quantitative estimate of drug-likeness (QED) is 0.573. The lowest BCUT2D eigenvalue weighted by atomic mass is 9.61. The highest BCUT2D eigenvalue weighted by Gasteiger charge is 2.68. The van der Waals surface area contributed by atoms with Crippen LogP contribution < -0.4 is 5.32 Å². The molecule has 27 heavy (non-hydrogen) atoms. The minimum absolute atomic E-state index is 0.109. The first-order valence-electron chi connectivity index (χ1n) is 9.56. The van der Waals surface area contributed by atoms with Crippen molar-refractivity contribution in [3.05, 3.63) is 46.6 Å². The molecule has 3 amide bonds. The fourth-order valence-corrected chi connectivity index (χ4v) is 5.72. The van der Waals surface area contributed by atoms with Gasteiger partial charge in [0.1, 0.15) is 0 Å². The van der Waals surface area contributed by atoms with Crippen molar-refractivity contribution < 1.29 is 14.3 Å². The van der Waals surface area contributed by atoms with Gasteiger partial charge in [0.25, 0.3) is 5.91 Å². The molecule has 0 bridgehead atoms. The fraction of sp³-hybridized carbons (Fsp3) is 0.524. The molecule has 1 unspecified atom stereocenters. The SMILES string of the molecule is C=CO[C@H]1CC[C@]2(CC1)Cc1ccc(Br)cc1C21NC(=O)N(C(C)C)C1=O. The third-order valence-electron chi connectivity index (χ3n) is 6.55. The highest BCUT2D eigenvalue weighted by molar-refractivity contribution is 9.10. The van der Waals surface area contributed by atoms with Crippen LogP contribution in [-0.4, -0.2) is 29.0 Å². The van der Waals surface area contributed by atoms with Crippen molar-refractivity contribution in [2.24, 2.45) is 5.41 Å². The van der Waals surface area contributed by atoms with E-state index in [1.165, 1.54) is 11.2 Å². The summed E-state index contributed by atoms with van der Waals surface area (Å²) in [7, 11) is 0. The number of fused-ring (bicyclic) bond motifs is 3. The second-order valence-electron chi connectivity index (χ2n) is 8.21. The lowest BCUT2D eigenvalue weighted by molar-refractivity contribution is -0.139. The van der Waals surface area contributed by atoms with Gasteiger partial charge in [-0.25, -0.2) is 4.79 Å². The van der Waals surface area contributed by atoms with E-state index in [0.29, 0.717) is 0 Å². The van der Waals surface area contributed by atoms with Crippen molar-refractivity contribution in [2.45, 2.75) is 63.6 Å². The summed E-state index contributed by atoms with van der Waals surface area (Å²) in [6.45, 7) is 7.43. The molecule has 1 aliphatic heterocycles. The van der Waals surface area contributed by atoms with E-state index >= 15 is 0 Å². The lowest BCUT2D eigenvalue weighted by Crippen LogP contribution is -2.57. The third-order valence-corrected chi connectivity index (χ3v) is 7.04. The highest BCUT2D eigenvalue weighted by atomic mass is 79.9. The summed E-state index contributed by atoms with van der Waals surface area (Å²) < 4.78 is 6.54. The van der Waals surface area contributed by atoms with Gasteiger partial charge in [-0.15, -0.1) is 0 Å². The van der Waals surface area contributed by atoms with Crippen molar-refractivity contribution in [1.29, 1.82) is 0 Å². The number of carbonyl (C=O) groups is 2. The summed E-state index contributed by atoms with van der Waals surface area (Å²) in [5.74, 6) is -0.109. The number of hydrogen-bond acceptors (Lipinski definition) is 3. The van der Waals surface area contributed by atoms with Crippen LogP contribution >= 0.6 is 15.9 Å². The molecule has 1 atom stereocenters. The molecule has 1 saturated heterocycles. The van der Waals surface area contributed by atoms with E-state index in [2.05, 4.69) is 33.9 Å². The van der Waals surface area contributed by atoms with Gasteiger partial charge in [0.15, 0.2) is 5.54 Å². The number of benzene rings is 1. The molecule has 1 aromatic rings. The monoisotopic (exact) mass is 432 g/mol. The van der Waals surface area contributed by atoms with Crippen LogP contribution in [-0.2, 0) is 21.5 Å². The van der Waals surface area contributed by atoms with Crippen molar-refractivity contribution in [3.63, 3.8) is 0 Å². The Kier molecular flexibility index (Phi) is 4.37. The Hall–Kier alpha value is -1.82. The lowest BCUT2D eigenvalue weighted by Gasteiger charge is -2.46. The first-order valence-corrected chi connectivity index (χ1v) is 10.3. The molecule has 1 N–H and O–H groups in total. The van der Waals surface area contributed by atoms with E-state index in [0.717, 1.165) is 47.7 Å². The van der Waals surface area contributed by atoms with Crippen molar-refractivity contribution >= 4 is 27.9 Å². The van der Waals surface area contributed by atoms with Gasteiger partial charge in [-0.3, -0.25) is 9.69 Å². The molecule has 144 valence electrons. The number of nitrogens with zero attached hydrogens (tertiary/aromatic N) is 1. The van der Waals surface area contributed by atoms with E-state index in [4.69, 9.17) is 4.74 Å². The normalized spacial score (nSPS) is 32.3. The summed E-state index contributed by atoms with van der Waals surface area (Å²) in [6, 6.07) is 5.65. The number of ether oxygens (including phenoxy) is 1. The number of amides is 3. The van der Waals surface area contributed by atoms with Crippen LogP contribution in [0.3, 0.4) is 0 Å². The molecule has 1 aromatic carbocycles. The largest absolute Gasteiger partial charge is 0.499 e. The predicted molar refractivity (Wildman–Crippen MR) is 106 cm³/mol. The van der Waals surface area contributed by atoms with Gasteiger partial charge in [0.2, 0.25) is 0 Å². The Morgan fingerprint density at radius 3 is 2.63 bits per heavy atom. The maximum Gasteiger partial charge on any atom is 0.325 e. The Labute approximate surface area is 168 Å². The van der Waals surface area contributed by atoms with Crippen LogP contribution in [0.2, 0.25) is 0 Å². The Balaban J connectivity index is 1.83. The summed E-state index contributed by atoms with van der Waals surface area (Å²) >= 11 is 3.55. The minimum Gasteiger partial charge on any atom is -0.499 e. The first-order chi connectivity index (χ1) is 12.8. The number of hydrogen-bond donors (Lipinski definition) is 1.